The van der Waals surface area contributed by atoms with Gasteiger partial charge in [-0.05, 0) is 37.6 Å². The van der Waals surface area contributed by atoms with Crippen LogP contribution in [0.5, 0.6) is 0 Å². The third-order valence-electron chi connectivity index (χ3n) is 3.31. The van der Waals surface area contributed by atoms with Crippen molar-refractivity contribution in [2.75, 3.05) is 6.61 Å². The predicted octanol–water partition coefficient (Wildman–Crippen LogP) is 2.89. The minimum Gasteiger partial charge on any atom is -0.466 e. The Hall–Kier alpha value is -1.69. The van der Waals surface area contributed by atoms with E-state index >= 15 is 0 Å². The SMILES string of the molecule is CCOC(=O)CCCCCn1cnc2c(C)csc2c1=O. The molecule has 21 heavy (non-hydrogen) atoms. The van der Waals surface area contributed by atoms with Gasteiger partial charge in [0.2, 0.25) is 0 Å². The number of thiophene rings is 1. The second-order valence-electron chi connectivity index (χ2n) is 4.96. The van der Waals surface area contributed by atoms with Crippen molar-refractivity contribution in [2.24, 2.45) is 0 Å². The van der Waals surface area contributed by atoms with E-state index in [0.717, 1.165) is 35.0 Å². The quantitative estimate of drug-likeness (QED) is 0.583. The van der Waals surface area contributed by atoms with Gasteiger partial charge in [0.05, 0.1) is 18.5 Å². The minimum atomic E-state index is -0.146. The third-order valence-corrected chi connectivity index (χ3v) is 4.38. The zero-order valence-electron chi connectivity index (χ0n) is 12.4. The number of rotatable bonds is 7. The molecule has 2 rings (SSSR count). The molecule has 2 heterocycles. The number of hydrogen-bond acceptors (Lipinski definition) is 5. The van der Waals surface area contributed by atoms with Crippen molar-refractivity contribution in [1.82, 2.24) is 9.55 Å². The first kappa shape index (κ1) is 15.7. The van der Waals surface area contributed by atoms with Gasteiger partial charge in [-0.1, -0.05) is 6.42 Å². The lowest BCUT2D eigenvalue weighted by Gasteiger charge is -2.05. The van der Waals surface area contributed by atoms with Crippen molar-refractivity contribution in [3.8, 4) is 0 Å². The fourth-order valence-electron chi connectivity index (χ4n) is 2.18. The first-order valence-electron chi connectivity index (χ1n) is 7.22. The zero-order chi connectivity index (χ0) is 15.2. The molecule has 2 aromatic heterocycles. The van der Waals surface area contributed by atoms with E-state index in [0.29, 0.717) is 19.6 Å². The molecule has 0 saturated heterocycles. The Balaban J connectivity index is 1.85. The fraction of sp³-hybridized carbons (Fsp3) is 0.533. The normalized spacial score (nSPS) is 11.0. The second kappa shape index (κ2) is 7.36. The Morgan fingerprint density at radius 3 is 2.95 bits per heavy atom. The fourth-order valence-corrected chi connectivity index (χ4v) is 3.13. The predicted molar refractivity (Wildman–Crippen MR) is 83.7 cm³/mol. The average Bonchev–Trinajstić information content (AvgIpc) is 2.83. The van der Waals surface area contributed by atoms with Crippen LogP contribution in [0.15, 0.2) is 16.5 Å². The molecule has 0 bridgehead atoms. The summed E-state index contributed by atoms with van der Waals surface area (Å²) in [6.45, 7) is 4.84. The molecule has 0 unspecified atom stereocenters. The van der Waals surface area contributed by atoms with Gasteiger partial charge in [-0.2, -0.15) is 0 Å². The molecule has 0 atom stereocenters. The Morgan fingerprint density at radius 1 is 1.38 bits per heavy atom. The number of fused-ring (bicyclic) bond motifs is 1. The molecule has 0 aromatic carbocycles. The number of aromatic nitrogens is 2. The van der Waals surface area contributed by atoms with Crippen molar-refractivity contribution in [1.29, 1.82) is 0 Å². The molecule has 0 aliphatic rings. The molecular formula is C15H20N2O3S. The first-order valence-corrected chi connectivity index (χ1v) is 8.10. The maximum absolute atomic E-state index is 12.3. The summed E-state index contributed by atoms with van der Waals surface area (Å²) in [4.78, 5) is 27.8. The van der Waals surface area contributed by atoms with Gasteiger partial charge in [0.1, 0.15) is 4.70 Å². The number of hydrogen-bond donors (Lipinski definition) is 0. The summed E-state index contributed by atoms with van der Waals surface area (Å²) in [7, 11) is 0. The van der Waals surface area contributed by atoms with Gasteiger partial charge < -0.3 is 4.74 Å². The molecule has 114 valence electrons. The number of unbranched alkanes of at least 4 members (excludes halogenated alkanes) is 2. The molecule has 6 heteroatoms. The van der Waals surface area contributed by atoms with Gasteiger partial charge in [0.25, 0.3) is 5.56 Å². The largest absolute Gasteiger partial charge is 0.466 e. The van der Waals surface area contributed by atoms with Crippen LogP contribution in [0.4, 0.5) is 0 Å². The van der Waals surface area contributed by atoms with Crippen LogP contribution in [0.25, 0.3) is 10.2 Å². The van der Waals surface area contributed by atoms with Crippen LogP contribution in [0.3, 0.4) is 0 Å². The monoisotopic (exact) mass is 308 g/mol. The molecule has 0 aliphatic heterocycles. The number of esters is 1. The van der Waals surface area contributed by atoms with E-state index in [-0.39, 0.29) is 11.5 Å². The number of carbonyl (C=O) groups is 1. The molecule has 0 fully saturated rings. The number of carbonyl (C=O) groups excluding carboxylic acids is 1. The van der Waals surface area contributed by atoms with Crippen molar-refractivity contribution in [2.45, 2.75) is 46.1 Å². The van der Waals surface area contributed by atoms with Gasteiger partial charge in [-0.25, -0.2) is 4.98 Å². The van der Waals surface area contributed by atoms with Crippen molar-refractivity contribution in [3.63, 3.8) is 0 Å². The molecule has 0 amide bonds. The summed E-state index contributed by atoms with van der Waals surface area (Å²) < 4.78 is 7.25. The maximum atomic E-state index is 12.3. The van der Waals surface area contributed by atoms with Crippen molar-refractivity contribution < 1.29 is 9.53 Å². The van der Waals surface area contributed by atoms with Gasteiger partial charge in [0, 0.05) is 13.0 Å². The molecule has 0 radical (unpaired) electrons. The van der Waals surface area contributed by atoms with Crippen molar-refractivity contribution in [3.05, 3.63) is 27.6 Å². The lowest BCUT2D eigenvalue weighted by molar-refractivity contribution is -0.143. The molecular weight excluding hydrogens is 288 g/mol. The highest BCUT2D eigenvalue weighted by atomic mass is 32.1. The Kier molecular flexibility index (Phi) is 5.50. The van der Waals surface area contributed by atoms with Crippen LogP contribution in [0.1, 0.15) is 38.2 Å². The highest BCUT2D eigenvalue weighted by Crippen LogP contribution is 2.19. The minimum absolute atomic E-state index is 0.0310. The summed E-state index contributed by atoms with van der Waals surface area (Å²) >= 11 is 1.45. The summed E-state index contributed by atoms with van der Waals surface area (Å²) in [5.41, 5.74) is 1.89. The smallest absolute Gasteiger partial charge is 0.305 e. The van der Waals surface area contributed by atoms with Gasteiger partial charge in [-0.3, -0.25) is 14.2 Å². The molecule has 0 aliphatic carbocycles. The van der Waals surface area contributed by atoms with Gasteiger partial charge >= 0.3 is 5.97 Å². The van der Waals surface area contributed by atoms with E-state index in [4.69, 9.17) is 4.74 Å². The topological polar surface area (TPSA) is 61.2 Å². The highest BCUT2D eigenvalue weighted by Gasteiger charge is 2.08. The van der Waals surface area contributed by atoms with Crippen molar-refractivity contribution >= 4 is 27.5 Å². The number of ether oxygens (including phenoxy) is 1. The van der Waals surface area contributed by atoms with E-state index in [1.54, 1.807) is 17.8 Å². The van der Waals surface area contributed by atoms with Crippen LogP contribution < -0.4 is 5.56 Å². The number of aryl methyl sites for hydroxylation is 2. The lowest BCUT2D eigenvalue weighted by atomic mass is 10.2. The van der Waals surface area contributed by atoms with Crippen LogP contribution in [-0.2, 0) is 16.1 Å². The van der Waals surface area contributed by atoms with Gasteiger partial charge in [-0.15, -0.1) is 11.3 Å². The molecule has 0 N–H and O–H groups in total. The lowest BCUT2D eigenvalue weighted by Crippen LogP contribution is -2.19. The number of nitrogens with zero attached hydrogens (tertiary/aromatic N) is 2. The maximum Gasteiger partial charge on any atom is 0.305 e. The Labute approximate surface area is 127 Å². The summed E-state index contributed by atoms with van der Waals surface area (Å²) in [5, 5.41) is 1.96. The summed E-state index contributed by atoms with van der Waals surface area (Å²) in [5.74, 6) is -0.146. The van der Waals surface area contributed by atoms with E-state index in [1.165, 1.54) is 11.3 Å². The summed E-state index contributed by atoms with van der Waals surface area (Å²) in [6, 6.07) is 0. The standard InChI is InChI=1S/C15H20N2O3S/c1-3-20-12(18)7-5-4-6-8-17-10-16-13-11(2)9-21-14(13)15(17)19/h9-10H,3-8H2,1-2H3. The van der Waals surface area contributed by atoms with Crippen LogP contribution in [0, 0.1) is 6.92 Å². The molecule has 0 saturated carbocycles. The van der Waals surface area contributed by atoms with E-state index < -0.39 is 0 Å². The Bertz CT molecular complexity index is 675. The Morgan fingerprint density at radius 2 is 2.19 bits per heavy atom. The van der Waals surface area contributed by atoms with Crippen LogP contribution in [-0.4, -0.2) is 22.1 Å². The third kappa shape index (κ3) is 3.91. The second-order valence-corrected chi connectivity index (χ2v) is 5.83. The first-order chi connectivity index (χ1) is 10.1. The summed E-state index contributed by atoms with van der Waals surface area (Å²) in [6.07, 6.45) is 4.62. The zero-order valence-corrected chi connectivity index (χ0v) is 13.2. The average molecular weight is 308 g/mol. The van der Waals surface area contributed by atoms with Crippen LogP contribution in [0.2, 0.25) is 0 Å². The van der Waals surface area contributed by atoms with E-state index in [1.807, 2.05) is 12.3 Å². The van der Waals surface area contributed by atoms with E-state index in [9.17, 15) is 9.59 Å². The molecule has 2 aromatic rings. The highest BCUT2D eigenvalue weighted by molar-refractivity contribution is 7.17. The van der Waals surface area contributed by atoms with Crippen LogP contribution >= 0.6 is 11.3 Å². The molecule has 5 nitrogen and oxygen atoms in total. The van der Waals surface area contributed by atoms with Gasteiger partial charge in [0.15, 0.2) is 0 Å². The molecule has 0 spiro atoms. The van der Waals surface area contributed by atoms with E-state index in [2.05, 4.69) is 4.98 Å².